The van der Waals surface area contributed by atoms with E-state index in [1.807, 2.05) is 0 Å². The van der Waals surface area contributed by atoms with Gasteiger partial charge in [0.15, 0.2) is 0 Å². The van der Waals surface area contributed by atoms with Crippen LogP contribution in [0.1, 0.15) is 22.9 Å². The number of aliphatic hydroxyl groups excluding tert-OH is 1. The molecule has 1 aromatic heterocycles. The summed E-state index contributed by atoms with van der Waals surface area (Å²) in [5.74, 6) is -0.887. The van der Waals surface area contributed by atoms with Crippen molar-refractivity contribution < 1.29 is 33.7 Å². The van der Waals surface area contributed by atoms with Crippen LogP contribution in [0.4, 0.5) is 0 Å². The van der Waals surface area contributed by atoms with Crippen molar-refractivity contribution in [3.05, 3.63) is 83.3 Å². The van der Waals surface area contributed by atoms with Crippen molar-refractivity contribution in [3.63, 3.8) is 0 Å². The number of phenolic OH excluding ortho intramolecular Hbond substituents is 1. The molecule has 1 amide bonds. The maximum Gasteiger partial charge on any atom is 0.296 e. The van der Waals surface area contributed by atoms with Gasteiger partial charge < -0.3 is 29.0 Å². The highest BCUT2D eigenvalue weighted by atomic mass is 16.5. The Morgan fingerprint density at radius 1 is 1.06 bits per heavy atom. The number of hydrogen-bond donors (Lipinski definition) is 2. The molecule has 3 aromatic rings. The number of aromatic hydroxyl groups is 1. The van der Waals surface area contributed by atoms with Crippen LogP contribution in [0.3, 0.4) is 0 Å². The number of carbonyl (C=O) groups excluding carboxylic acids is 2. The second-order valence-corrected chi connectivity index (χ2v) is 7.17. The number of ether oxygens (including phenoxy) is 2. The van der Waals surface area contributed by atoms with Crippen LogP contribution in [-0.2, 0) is 16.1 Å². The highest BCUT2D eigenvalue weighted by molar-refractivity contribution is 6.46. The maximum absolute atomic E-state index is 13.1. The Kier molecular flexibility index (Phi) is 5.59. The zero-order valence-corrected chi connectivity index (χ0v) is 17.4. The second-order valence-electron chi connectivity index (χ2n) is 7.17. The molecule has 8 nitrogen and oxygen atoms in total. The van der Waals surface area contributed by atoms with Gasteiger partial charge in [0, 0.05) is 0 Å². The van der Waals surface area contributed by atoms with E-state index >= 15 is 0 Å². The van der Waals surface area contributed by atoms with Gasteiger partial charge in [0.1, 0.15) is 28.8 Å². The summed E-state index contributed by atoms with van der Waals surface area (Å²) in [4.78, 5) is 27.4. The average molecular weight is 435 g/mol. The van der Waals surface area contributed by atoms with Gasteiger partial charge in [0.05, 0.1) is 44.2 Å². The number of benzene rings is 2. The number of furan rings is 1. The zero-order valence-electron chi connectivity index (χ0n) is 17.4. The molecular formula is C24H21NO7. The van der Waals surface area contributed by atoms with E-state index in [-0.39, 0.29) is 23.4 Å². The number of likely N-dealkylation sites (tertiary alicyclic amines) is 1. The Morgan fingerprint density at radius 2 is 1.88 bits per heavy atom. The Hall–Kier alpha value is -4.20. The molecule has 1 saturated heterocycles. The third kappa shape index (κ3) is 3.66. The fourth-order valence-electron chi connectivity index (χ4n) is 3.80. The highest BCUT2D eigenvalue weighted by Gasteiger charge is 2.46. The number of hydrogen-bond acceptors (Lipinski definition) is 7. The number of amides is 1. The first-order chi connectivity index (χ1) is 15.4. The van der Waals surface area contributed by atoms with Gasteiger partial charge in [-0.2, -0.15) is 0 Å². The molecule has 1 unspecified atom stereocenters. The Labute approximate surface area is 183 Å². The topological polar surface area (TPSA) is 109 Å². The van der Waals surface area contributed by atoms with Crippen LogP contribution in [0.25, 0.3) is 5.76 Å². The minimum absolute atomic E-state index is 0.00389. The van der Waals surface area contributed by atoms with Crippen molar-refractivity contribution in [2.75, 3.05) is 14.2 Å². The van der Waals surface area contributed by atoms with Gasteiger partial charge in [-0.15, -0.1) is 0 Å². The lowest BCUT2D eigenvalue weighted by Crippen LogP contribution is -2.29. The molecule has 0 bridgehead atoms. The monoisotopic (exact) mass is 435 g/mol. The summed E-state index contributed by atoms with van der Waals surface area (Å²) in [5.41, 5.74) is 0.533. The first-order valence-corrected chi connectivity index (χ1v) is 9.76. The number of methoxy groups -OCH3 is 2. The smallest absolute Gasteiger partial charge is 0.296 e. The van der Waals surface area contributed by atoms with Gasteiger partial charge in [-0.25, -0.2) is 0 Å². The van der Waals surface area contributed by atoms with Gasteiger partial charge in [-0.1, -0.05) is 12.1 Å². The summed E-state index contributed by atoms with van der Waals surface area (Å²) in [7, 11) is 2.90. The Balaban J connectivity index is 1.92. The lowest BCUT2D eigenvalue weighted by molar-refractivity contribution is -0.140. The van der Waals surface area contributed by atoms with Gasteiger partial charge in [0.2, 0.25) is 0 Å². The Morgan fingerprint density at radius 3 is 2.53 bits per heavy atom. The number of aliphatic hydroxyl groups is 1. The van der Waals surface area contributed by atoms with Crippen LogP contribution >= 0.6 is 0 Å². The number of phenols is 1. The van der Waals surface area contributed by atoms with Crippen LogP contribution in [0.5, 0.6) is 17.2 Å². The van der Waals surface area contributed by atoms with Crippen LogP contribution in [-0.4, -0.2) is 41.0 Å². The summed E-state index contributed by atoms with van der Waals surface area (Å²) in [6.45, 7) is 0.00389. The third-order valence-corrected chi connectivity index (χ3v) is 5.29. The molecule has 2 aromatic carbocycles. The fourth-order valence-corrected chi connectivity index (χ4v) is 3.80. The first kappa shape index (κ1) is 21.0. The highest BCUT2D eigenvalue weighted by Crippen LogP contribution is 2.42. The molecule has 1 fully saturated rings. The third-order valence-electron chi connectivity index (χ3n) is 5.29. The molecule has 4 rings (SSSR count). The van der Waals surface area contributed by atoms with E-state index in [0.29, 0.717) is 22.8 Å². The average Bonchev–Trinajstić information content (AvgIpc) is 3.40. The zero-order chi connectivity index (χ0) is 22.8. The number of carbonyl (C=O) groups is 2. The summed E-state index contributed by atoms with van der Waals surface area (Å²) >= 11 is 0. The summed E-state index contributed by atoms with van der Waals surface area (Å²) in [6, 6.07) is 13.4. The summed E-state index contributed by atoms with van der Waals surface area (Å²) in [5, 5.41) is 21.3. The van der Waals surface area contributed by atoms with Crippen molar-refractivity contribution in [2.24, 2.45) is 0 Å². The second kappa shape index (κ2) is 8.50. The van der Waals surface area contributed by atoms with Crippen molar-refractivity contribution in [3.8, 4) is 17.2 Å². The minimum Gasteiger partial charge on any atom is -0.508 e. The van der Waals surface area contributed by atoms with Gasteiger partial charge in [0.25, 0.3) is 11.7 Å². The molecule has 1 aliphatic rings. The maximum atomic E-state index is 13.1. The SMILES string of the molecule is COc1ccc(OC)c(/C(O)=C2\C(=O)C(=O)N(Cc3ccco3)C2c2cccc(O)c2)c1. The molecule has 0 saturated carbocycles. The lowest BCUT2D eigenvalue weighted by atomic mass is 9.94. The van der Waals surface area contributed by atoms with Gasteiger partial charge in [-0.3, -0.25) is 9.59 Å². The molecular weight excluding hydrogens is 414 g/mol. The predicted molar refractivity (Wildman–Crippen MR) is 114 cm³/mol. The van der Waals surface area contributed by atoms with Gasteiger partial charge in [-0.05, 0) is 48.0 Å². The van der Waals surface area contributed by atoms with Crippen molar-refractivity contribution in [2.45, 2.75) is 12.6 Å². The first-order valence-electron chi connectivity index (χ1n) is 9.76. The molecule has 1 aliphatic heterocycles. The molecule has 0 spiro atoms. The van der Waals surface area contributed by atoms with E-state index in [9.17, 15) is 19.8 Å². The van der Waals surface area contributed by atoms with Crippen LogP contribution in [0.15, 0.2) is 70.9 Å². The van der Waals surface area contributed by atoms with E-state index in [0.717, 1.165) is 0 Å². The molecule has 8 heteroatoms. The number of ketones is 1. The molecule has 2 heterocycles. The van der Waals surface area contributed by atoms with Crippen LogP contribution < -0.4 is 9.47 Å². The standard InChI is InChI=1S/C24H21NO7/c1-30-16-8-9-19(31-2)18(12-16)22(27)20-21(14-5-3-6-15(26)11-14)25(24(29)23(20)28)13-17-7-4-10-32-17/h3-12,21,26-27H,13H2,1-2H3/b22-20+. The van der Waals surface area contributed by atoms with Crippen molar-refractivity contribution >= 4 is 17.4 Å². The number of rotatable bonds is 6. The van der Waals surface area contributed by atoms with E-state index in [4.69, 9.17) is 13.9 Å². The van der Waals surface area contributed by atoms with Crippen molar-refractivity contribution in [1.29, 1.82) is 0 Å². The molecule has 32 heavy (non-hydrogen) atoms. The normalized spacial score (nSPS) is 17.6. The number of Topliss-reactive ketones (excluding diaryl/α,β-unsaturated/α-hetero) is 1. The Bertz CT molecular complexity index is 1200. The molecule has 1 atom stereocenters. The van der Waals surface area contributed by atoms with Crippen LogP contribution in [0, 0.1) is 0 Å². The molecule has 164 valence electrons. The summed E-state index contributed by atoms with van der Waals surface area (Å²) in [6.07, 6.45) is 1.47. The van der Waals surface area contributed by atoms with E-state index < -0.39 is 23.5 Å². The lowest BCUT2D eigenvalue weighted by Gasteiger charge is -2.24. The van der Waals surface area contributed by atoms with E-state index in [2.05, 4.69) is 0 Å². The van der Waals surface area contributed by atoms with E-state index in [1.165, 1.54) is 43.6 Å². The van der Waals surface area contributed by atoms with Crippen molar-refractivity contribution in [1.82, 2.24) is 4.90 Å². The molecule has 0 radical (unpaired) electrons. The quantitative estimate of drug-likeness (QED) is 0.346. The summed E-state index contributed by atoms with van der Waals surface area (Å²) < 4.78 is 15.9. The number of nitrogens with zero attached hydrogens (tertiary/aromatic N) is 1. The minimum atomic E-state index is -0.955. The fraction of sp³-hybridized carbons (Fsp3) is 0.167. The van der Waals surface area contributed by atoms with E-state index in [1.54, 1.807) is 36.4 Å². The van der Waals surface area contributed by atoms with Gasteiger partial charge >= 0.3 is 0 Å². The largest absolute Gasteiger partial charge is 0.508 e. The molecule has 0 aliphatic carbocycles. The van der Waals surface area contributed by atoms with Crippen LogP contribution in [0.2, 0.25) is 0 Å². The molecule has 2 N–H and O–H groups in total. The predicted octanol–water partition coefficient (Wildman–Crippen LogP) is 3.62.